The van der Waals surface area contributed by atoms with Crippen LogP contribution in [-0.2, 0) is 16.1 Å². The largest absolute Gasteiger partial charge is 0.458 e. The molecule has 3 nitrogen and oxygen atoms in total. The topological polar surface area (TPSA) is 39.2 Å². The summed E-state index contributed by atoms with van der Waals surface area (Å²) in [5.41, 5.74) is 0.941. The average Bonchev–Trinajstić information content (AvgIpc) is 2.79. The fraction of sp³-hybridized carbons (Fsp3) is 0.167. The van der Waals surface area contributed by atoms with Gasteiger partial charge in [-0.2, -0.15) is 0 Å². The predicted octanol–water partition coefficient (Wildman–Crippen LogP) is 4.18. The molecule has 18 heavy (non-hydrogen) atoms. The Balaban J connectivity index is 2.18. The van der Waals surface area contributed by atoms with Gasteiger partial charge in [0.25, 0.3) is 0 Å². The van der Waals surface area contributed by atoms with E-state index in [-0.39, 0.29) is 12.6 Å². The second-order valence-electron chi connectivity index (χ2n) is 3.53. The first kappa shape index (κ1) is 13.3. The Hall–Kier alpha value is -1.10. The molecule has 1 aromatic heterocycles. The third kappa shape index (κ3) is 3.22. The molecule has 2 aromatic rings. The summed E-state index contributed by atoms with van der Waals surface area (Å²) in [5.74, 6) is -0.318. The molecule has 0 bridgehead atoms. The van der Waals surface area contributed by atoms with Gasteiger partial charge in [-0.25, -0.2) is 4.98 Å². The highest BCUT2D eigenvalue weighted by Crippen LogP contribution is 2.31. The molecule has 6 heteroatoms. The molecule has 0 radical (unpaired) electrons. The van der Waals surface area contributed by atoms with Crippen LogP contribution in [0.1, 0.15) is 11.9 Å². The van der Waals surface area contributed by atoms with Gasteiger partial charge in [-0.3, -0.25) is 4.79 Å². The third-order valence-electron chi connectivity index (χ3n) is 2.16. The fourth-order valence-electron chi connectivity index (χ4n) is 1.32. The van der Waals surface area contributed by atoms with Crippen LogP contribution in [0, 0.1) is 0 Å². The summed E-state index contributed by atoms with van der Waals surface area (Å²) in [7, 11) is 0. The molecule has 0 spiro atoms. The van der Waals surface area contributed by atoms with E-state index in [0.717, 1.165) is 15.4 Å². The Kier molecular flexibility index (Phi) is 4.22. The van der Waals surface area contributed by atoms with Gasteiger partial charge < -0.3 is 4.74 Å². The van der Waals surface area contributed by atoms with E-state index in [4.69, 9.17) is 27.9 Å². The SMILES string of the molecule is CC(=O)OCc1ncc(-c2ccc(Cl)c(Cl)c2)s1. The first-order valence-electron chi connectivity index (χ1n) is 5.10. The Morgan fingerprint density at radius 2 is 2.17 bits per heavy atom. The zero-order valence-corrected chi connectivity index (χ0v) is 11.8. The second kappa shape index (κ2) is 5.69. The van der Waals surface area contributed by atoms with Crippen molar-refractivity contribution in [2.75, 3.05) is 0 Å². The minimum atomic E-state index is -0.318. The molecular formula is C12H9Cl2NO2S. The van der Waals surface area contributed by atoms with E-state index in [1.165, 1.54) is 18.3 Å². The number of thiazole rings is 1. The minimum Gasteiger partial charge on any atom is -0.458 e. The van der Waals surface area contributed by atoms with E-state index < -0.39 is 0 Å². The van der Waals surface area contributed by atoms with Crippen LogP contribution in [-0.4, -0.2) is 11.0 Å². The van der Waals surface area contributed by atoms with E-state index in [2.05, 4.69) is 4.98 Å². The van der Waals surface area contributed by atoms with Crippen LogP contribution in [0.2, 0.25) is 10.0 Å². The lowest BCUT2D eigenvalue weighted by Crippen LogP contribution is -1.97. The zero-order chi connectivity index (χ0) is 13.1. The predicted molar refractivity (Wildman–Crippen MR) is 73.0 cm³/mol. The normalized spacial score (nSPS) is 10.4. The van der Waals surface area contributed by atoms with Gasteiger partial charge in [0, 0.05) is 13.1 Å². The molecule has 0 unspecified atom stereocenters. The van der Waals surface area contributed by atoms with Crippen molar-refractivity contribution in [2.45, 2.75) is 13.5 Å². The number of carbonyl (C=O) groups excluding carboxylic acids is 1. The highest BCUT2D eigenvalue weighted by atomic mass is 35.5. The molecule has 0 aliphatic carbocycles. The Morgan fingerprint density at radius 3 is 2.83 bits per heavy atom. The van der Waals surface area contributed by atoms with Crippen molar-refractivity contribution in [3.8, 4) is 10.4 Å². The summed E-state index contributed by atoms with van der Waals surface area (Å²) in [6.07, 6.45) is 1.73. The van der Waals surface area contributed by atoms with Crippen LogP contribution >= 0.6 is 34.5 Å². The highest BCUT2D eigenvalue weighted by Gasteiger charge is 2.07. The lowest BCUT2D eigenvalue weighted by molar-refractivity contribution is -0.142. The minimum absolute atomic E-state index is 0.196. The molecule has 0 aliphatic heterocycles. The standard InChI is InChI=1S/C12H9Cl2NO2S/c1-7(16)17-6-12-15-5-11(18-12)8-2-3-9(13)10(14)4-8/h2-5H,6H2,1H3. The summed E-state index contributed by atoms with van der Waals surface area (Å²) in [6, 6.07) is 5.40. The maximum atomic E-state index is 10.7. The summed E-state index contributed by atoms with van der Waals surface area (Å²) in [5, 5.41) is 1.76. The van der Waals surface area contributed by atoms with Crippen molar-refractivity contribution in [3.63, 3.8) is 0 Å². The van der Waals surface area contributed by atoms with Gasteiger partial charge in [-0.15, -0.1) is 11.3 Å². The molecule has 0 fully saturated rings. The van der Waals surface area contributed by atoms with Crippen molar-refractivity contribution in [1.29, 1.82) is 0 Å². The second-order valence-corrected chi connectivity index (χ2v) is 5.46. The molecule has 0 N–H and O–H groups in total. The molecule has 0 saturated carbocycles. The monoisotopic (exact) mass is 301 g/mol. The van der Waals surface area contributed by atoms with E-state index in [1.54, 1.807) is 18.3 Å². The van der Waals surface area contributed by atoms with Gasteiger partial charge in [0.2, 0.25) is 0 Å². The van der Waals surface area contributed by atoms with Gasteiger partial charge >= 0.3 is 5.97 Å². The number of hydrogen-bond acceptors (Lipinski definition) is 4. The van der Waals surface area contributed by atoms with Crippen LogP contribution in [0.5, 0.6) is 0 Å². The summed E-state index contributed by atoms with van der Waals surface area (Å²) >= 11 is 13.3. The van der Waals surface area contributed by atoms with Gasteiger partial charge in [0.1, 0.15) is 11.6 Å². The Labute approximate surface area is 118 Å². The van der Waals surface area contributed by atoms with E-state index in [1.807, 2.05) is 6.07 Å². The smallest absolute Gasteiger partial charge is 0.303 e. The van der Waals surface area contributed by atoms with Crippen molar-refractivity contribution in [1.82, 2.24) is 4.98 Å². The number of nitrogens with zero attached hydrogens (tertiary/aromatic N) is 1. The number of benzene rings is 1. The number of halogens is 2. The van der Waals surface area contributed by atoms with Crippen molar-refractivity contribution in [3.05, 3.63) is 39.4 Å². The van der Waals surface area contributed by atoms with Crippen LogP contribution in [0.15, 0.2) is 24.4 Å². The van der Waals surface area contributed by atoms with Crippen LogP contribution in [0.4, 0.5) is 0 Å². The fourth-order valence-corrected chi connectivity index (χ4v) is 2.45. The average molecular weight is 302 g/mol. The number of hydrogen-bond donors (Lipinski definition) is 0. The van der Waals surface area contributed by atoms with E-state index in [0.29, 0.717) is 10.0 Å². The lowest BCUT2D eigenvalue weighted by Gasteiger charge is -1.99. The summed E-state index contributed by atoms with van der Waals surface area (Å²) < 4.78 is 4.88. The van der Waals surface area contributed by atoms with E-state index in [9.17, 15) is 4.79 Å². The van der Waals surface area contributed by atoms with Crippen molar-refractivity contribution < 1.29 is 9.53 Å². The van der Waals surface area contributed by atoms with Gasteiger partial charge in [-0.05, 0) is 17.7 Å². The van der Waals surface area contributed by atoms with Gasteiger partial charge in [-0.1, -0.05) is 29.3 Å². The quantitative estimate of drug-likeness (QED) is 0.798. The van der Waals surface area contributed by atoms with Gasteiger partial charge in [0.15, 0.2) is 0 Å². The highest BCUT2D eigenvalue weighted by molar-refractivity contribution is 7.15. The first-order valence-corrected chi connectivity index (χ1v) is 6.67. The molecule has 1 heterocycles. The number of ether oxygens (including phenoxy) is 1. The maximum Gasteiger partial charge on any atom is 0.303 e. The maximum absolute atomic E-state index is 10.7. The van der Waals surface area contributed by atoms with Crippen molar-refractivity contribution in [2.24, 2.45) is 0 Å². The van der Waals surface area contributed by atoms with Gasteiger partial charge in [0.05, 0.1) is 14.9 Å². The molecule has 0 atom stereocenters. The molecule has 94 valence electrons. The number of rotatable bonds is 3. The molecular weight excluding hydrogens is 293 g/mol. The molecule has 1 aromatic carbocycles. The first-order chi connectivity index (χ1) is 8.56. The molecule has 2 rings (SSSR count). The summed E-state index contributed by atoms with van der Waals surface area (Å²) in [4.78, 5) is 15.8. The number of esters is 1. The Bertz CT molecular complexity index is 583. The summed E-state index contributed by atoms with van der Waals surface area (Å²) in [6.45, 7) is 1.56. The van der Waals surface area contributed by atoms with Crippen LogP contribution < -0.4 is 0 Å². The zero-order valence-electron chi connectivity index (χ0n) is 9.44. The van der Waals surface area contributed by atoms with Crippen molar-refractivity contribution >= 4 is 40.5 Å². The molecule has 0 aliphatic rings. The Morgan fingerprint density at radius 1 is 1.39 bits per heavy atom. The molecule has 0 amide bonds. The third-order valence-corrected chi connectivity index (χ3v) is 3.92. The number of carbonyl (C=O) groups is 1. The van der Waals surface area contributed by atoms with E-state index >= 15 is 0 Å². The number of aromatic nitrogens is 1. The molecule has 0 saturated heterocycles. The van der Waals surface area contributed by atoms with Crippen LogP contribution in [0.25, 0.3) is 10.4 Å². The lowest BCUT2D eigenvalue weighted by atomic mass is 10.2. The van der Waals surface area contributed by atoms with Crippen LogP contribution in [0.3, 0.4) is 0 Å².